The minimum atomic E-state index is -0.697. The Labute approximate surface area is 139 Å². The van der Waals surface area contributed by atoms with Crippen LogP contribution in [0, 0.1) is 5.92 Å². The van der Waals surface area contributed by atoms with Crippen molar-refractivity contribution in [2.45, 2.75) is 12.8 Å². The second-order valence-corrected chi connectivity index (χ2v) is 6.08. The summed E-state index contributed by atoms with van der Waals surface area (Å²) in [5, 5.41) is 10.3. The van der Waals surface area contributed by atoms with Crippen LogP contribution in [0.1, 0.15) is 12.8 Å². The molecule has 0 unspecified atom stereocenters. The highest BCUT2D eigenvalue weighted by Gasteiger charge is 2.25. The Balaban J connectivity index is 1.62. The molecule has 1 N–H and O–H groups in total. The fourth-order valence-corrected chi connectivity index (χ4v) is 3.28. The van der Waals surface area contributed by atoms with Gasteiger partial charge < -0.3 is 14.6 Å². The molecule has 3 aromatic rings. The molecule has 0 amide bonds. The molecule has 1 aromatic carbocycles. The van der Waals surface area contributed by atoms with Crippen molar-refractivity contribution in [2.24, 2.45) is 5.92 Å². The molecule has 1 aliphatic heterocycles. The number of carboxylic acids is 1. The number of anilines is 1. The molecule has 2 aromatic heterocycles. The van der Waals surface area contributed by atoms with Gasteiger partial charge in [-0.1, -0.05) is 18.2 Å². The summed E-state index contributed by atoms with van der Waals surface area (Å²) in [5.41, 5.74) is 1.10. The van der Waals surface area contributed by atoms with Gasteiger partial charge in [-0.2, -0.15) is 0 Å². The molecule has 24 heavy (non-hydrogen) atoms. The molecule has 6 nitrogen and oxygen atoms in total. The molecule has 0 bridgehead atoms. The van der Waals surface area contributed by atoms with Crippen LogP contribution in [0.5, 0.6) is 0 Å². The van der Waals surface area contributed by atoms with E-state index in [4.69, 9.17) is 5.11 Å². The van der Waals surface area contributed by atoms with E-state index in [1.165, 1.54) is 5.39 Å². The number of benzene rings is 1. The highest BCUT2D eigenvalue weighted by Crippen LogP contribution is 2.24. The predicted octanol–water partition coefficient (Wildman–Crippen LogP) is 2.72. The number of carboxylic acid groups (broad SMARTS) is 1. The van der Waals surface area contributed by atoms with Crippen LogP contribution in [0.15, 0.2) is 48.9 Å². The Morgan fingerprint density at radius 3 is 2.62 bits per heavy atom. The molecule has 0 atom stereocenters. The molecule has 122 valence electrons. The molecule has 4 rings (SSSR count). The van der Waals surface area contributed by atoms with Crippen LogP contribution in [0.25, 0.3) is 16.7 Å². The second kappa shape index (κ2) is 5.96. The normalized spacial score (nSPS) is 15.8. The number of aliphatic carboxylic acids is 1. The quantitative estimate of drug-likeness (QED) is 0.803. The molecular weight excluding hydrogens is 304 g/mol. The first-order valence-electron chi connectivity index (χ1n) is 8.08. The minimum absolute atomic E-state index is 0.240. The van der Waals surface area contributed by atoms with E-state index in [1.807, 2.05) is 29.0 Å². The lowest BCUT2D eigenvalue weighted by atomic mass is 9.97. The van der Waals surface area contributed by atoms with Crippen molar-refractivity contribution in [1.82, 2.24) is 14.5 Å². The van der Waals surface area contributed by atoms with Crippen LogP contribution in [-0.2, 0) is 4.79 Å². The standard InChI is InChI=1S/C18H18N4O2/c23-18(24)14-5-8-21(9-6-14)16-11-17(20-12-19-16)22-10-7-13-3-1-2-4-15(13)22/h1-4,7,10-12,14H,5-6,8-9H2,(H,23,24). The minimum Gasteiger partial charge on any atom is -0.481 e. The van der Waals surface area contributed by atoms with Gasteiger partial charge in [0.1, 0.15) is 18.0 Å². The van der Waals surface area contributed by atoms with Gasteiger partial charge in [0.05, 0.1) is 11.4 Å². The lowest BCUT2D eigenvalue weighted by Crippen LogP contribution is -2.36. The van der Waals surface area contributed by atoms with Crippen molar-refractivity contribution in [2.75, 3.05) is 18.0 Å². The largest absolute Gasteiger partial charge is 0.481 e. The maximum absolute atomic E-state index is 11.1. The fraction of sp³-hybridized carbons (Fsp3) is 0.278. The van der Waals surface area contributed by atoms with Crippen LogP contribution in [0.4, 0.5) is 5.82 Å². The van der Waals surface area contributed by atoms with Crippen molar-refractivity contribution in [1.29, 1.82) is 0 Å². The molecule has 1 saturated heterocycles. The Morgan fingerprint density at radius 1 is 1.08 bits per heavy atom. The zero-order valence-corrected chi connectivity index (χ0v) is 13.2. The van der Waals surface area contributed by atoms with Gasteiger partial charge in [-0.15, -0.1) is 0 Å². The van der Waals surface area contributed by atoms with E-state index in [-0.39, 0.29) is 5.92 Å². The number of rotatable bonds is 3. The number of carbonyl (C=O) groups is 1. The van der Waals surface area contributed by atoms with Gasteiger partial charge in [-0.3, -0.25) is 4.79 Å². The molecule has 0 saturated carbocycles. The first-order chi connectivity index (χ1) is 11.7. The van der Waals surface area contributed by atoms with Gasteiger partial charge in [0, 0.05) is 25.4 Å². The summed E-state index contributed by atoms with van der Waals surface area (Å²) in [6.07, 6.45) is 4.89. The van der Waals surface area contributed by atoms with E-state index < -0.39 is 5.97 Å². The number of aromatic nitrogens is 3. The van der Waals surface area contributed by atoms with Gasteiger partial charge >= 0.3 is 5.97 Å². The van der Waals surface area contributed by atoms with Gasteiger partial charge in [0.15, 0.2) is 0 Å². The third kappa shape index (κ3) is 2.60. The summed E-state index contributed by atoms with van der Waals surface area (Å²) in [6.45, 7) is 1.42. The van der Waals surface area contributed by atoms with Crippen molar-refractivity contribution in [3.05, 3.63) is 48.9 Å². The third-order valence-corrected chi connectivity index (χ3v) is 4.65. The fourth-order valence-electron chi connectivity index (χ4n) is 3.28. The number of piperidine rings is 1. The molecule has 0 radical (unpaired) electrons. The highest BCUT2D eigenvalue weighted by molar-refractivity contribution is 5.81. The first kappa shape index (κ1) is 14.7. The highest BCUT2D eigenvalue weighted by atomic mass is 16.4. The monoisotopic (exact) mass is 322 g/mol. The van der Waals surface area contributed by atoms with Crippen LogP contribution >= 0.6 is 0 Å². The van der Waals surface area contributed by atoms with Crippen LogP contribution in [-0.4, -0.2) is 38.7 Å². The Kier molecular flexibility index (Phi) is 3.65. The number of nitrogens with zero attached hydrogens (tertiary/aromatic N) is 4. The molecule has 3 heterocycles. The average molecular weight is 322 g/mol. The molecule has 6 heteroatoms. The zero-order valence-electron chi connectivity index (χ0n) is 13.2. The van der Waals surface area contributed by atoms with Crippen molar-refractivity contribution >= 4 is 22.7 Å². The average Bonchev–Trinajstić information content (AvgIpc) is 3.06. The van der Waals surface area contributed by atoms with Gasteiger partial charge in [0.25, 0.3) is 0 Å². The third-order valence-electron chi connectivity index (χ3n) is 4.65. The van der Waals surface area contributed by atoms with Crippen LogP contribution < -0.4 is 4.90 Å². The van der Waals surface area contributed by atoms with Crippen LogP contribution in [0.3, 0.4) is 0 Å². The predicted molar refractivity (Wildman–Crippen MR) is 91.4 cm³/mol. The second-order valence-electron chi connectivity index (χ2n) is 6.08. The summed E-state index contributed by atoms with van der Waals surface area (Å²) in [5.74, 6) is 0.732. The maximum atomic E-state index is 11.1. The summed E-state index contributed by atoms with van der Waals surface area (Å²) >= 11 is 0. The summed E-state index contributed by atoms with van der Waals surface area (Å²) < 4.78 is 2.05. The first-order valence-corrected chi connectivity index (χ1v) is 8.08. The lowest BCUT2D eigenvalue weighted by molar-refractivity contribution is -0.142. The number of hydrogen-bond acceptors (Lipinski definition) is 4. The number of para-hydroxylation sites is 1. The van der Waals surface area contributed by atoms with Crippen molar-refractivity contribution in [3.63, 3.8) is 0 Å². The Morgan fingerprint density at radius 2 is 1.83 bits per heavy atom. The van der Waals surface area contributed by atoms with Gasteiger partial charge in [-0.05, 0) is 30.4 Å². The Hall–Kier alpha value is -2.89. The number of hydrogen-bond donors (Lipinski definition) is 1. The molecule has 0 aliphatic carbocycles. The smallest absolute Gasteiger partial charge is 0.306 e. The SMILES string of the molecule is O=C(O)C1CCN(c2cc(-n3ccc4ccccc43)ncn2)CC1. The Bertz CT molecular complexity index is 881. The summed E-state index contributed by atoms with van der Waals surface area (Å²) in [6, 6.07) is 12.2. The molecule has 1 fully saturated rings. The zero-order chi connectivity index (χ0) is 16.5. The van der Waals surface area contributed by atoms with Crippen LogP contribution in [0.2, 0.25) is 0 Å². The summed E-state index contributed by atoms with van der Waals surface area (Å²) in [4.78, 5) is 22.0. The van der Waals surface area contributed by atoms with Crippen molar-refractivity contribution < 1.29 is 9.90 Å². The maximum Gasteiger partial charge on any atom is 0.306 e. The van der Waals surface area contributed by atoms with E-state index in [0.29, 0.717) is 25.9 Å². The van der Waals surface area contributed by atoms with Gasteiger partial charge in [0.2, 0.25) is 0 Å². The van der Waals surface area contributed by atoms with E-state index in [2.05, 4.69) is 33.1 Å². The van der Waals surface area contributed by atoms with E-state index in [0.717, 1.165) is 17.2 Å². The van der Waals surface area contributed by atoms with E-state index in [1.54, 1.807) is 6.33 Å². The van der Waals surface area contributed by atoms with Crippen molar-refractivity contribution in [3.8, 4) is 5.82 Å². The van der Waals surface area contributed by atoms with E-state index >= 15 is 0 Å². The molecular formula is C18H18N4O2. The molecule has 1 aliphatic rings. The van der Waals surface area contributed by atoms with E-state index in [9.17, 15) is 4.79 Å². The lowest BCUT2D eigenvalue weighted by Gasteiger charge is -2.31. The topological polar surface area (TPSA) is 71.2 Å². The number of fused-ring (bicyclic) bond motifs is 1. The van der Waals surface area contributed by atoms with Gasteiger partial charge in [-0.25, -0.2) is 9.97 Å². The molecule has 0 spiro atoms. The summed E-state index contributed by atoms with van der Waals surface area (Å²) in [7, 11) is 0.